The third kappa shape index (κ3) is 4.66. The first kappa shape index (κ1) is 25.2. The highest BCUT2D eigenvalue weighted by Crippen LogP contribution is 2.45. The highest BCUT2D eigenvalue weighted by atomic mass is 32.1. The van der Waals surface area contributed by atoms with Crippen molar-refractivity contribution in [1.29, 1.82) is 0 Å². The Morgan fingerprint density at radius 3 is 2.63 bits per heavy atom. The van der Waals surface area contributed by atoms with Crippen molar-refractivity contribution in [3.63, 3.8) is 0 Å². The number of aliphatic hydroxyl groups is 1. The van der Waals surface area contributed by atoms with Crippen molar-refractivity contribution in [3.8, 4) is 11.5 Å². The van der Waals surface area contributed by atoms with Crippen LogP contribution in [0.4, 0.5) is 5.13 Å². The number of methoxy groups -OCH3 is 1. The van der Waals surface area contributed by atoms with E-state index in [1.807, 2.05) is 62.4 Å². The van der Waals surface area contributed by atoms with Gasteiger partial charge in [-0.1, -0.05) is 59.9 Å². The number of fused-ring (bicyclic) bond motifs is 1. The molecule has 1 aromatic heterocycles. The highest BCUT2D eigenvalue weighted by Gasteiger charge is 2.45. The van der Waals surface area contributed by atoms with Crippen LogP contribution in [0.15, 0.2) is 84.1 Å². The first-order chi connectivity index (χ1) is 18.4. The summed E-state index contributed by atoms with van der Waals surface area (Å²) in [6.07, 6.45) is 3.03. The van der Waals surface area contributed by atoms with Gasteiger partial charge < -0.3 is 14.6 Å². The van der Waals surface area contributed by atoms with Gasteiger partial charge in [-0.3, -0.25) is 14.5 Å². The molecule has 0 saturated carbocycles. The number of benzene rings is 3. The van der Waals surface area contributed by atoms with E-state index in [0.29, 0.717) is 28.8 Å². The third-order valence-electron chi connectivity index (χ3n) is 6.24. The minimum atomic E-state index is -0.915. The summed E-state index contributed by atoms with van der Waals surface area (Å²) in [5, 5.41) is 11.4. The predicted molar refractivity (Wildman–Crippen MR) is 149 cm³/mol. The Morgan fingerprint density at radius 1 is 1.11 bits per heavy atom. The maximum absolute atomic E-state index is 13.5. The topological polar surface area (TPSA) is 89.0 Å². The molecular formula is C30H26N2O5S. The summed E-state index contributed by atoms with van der Waals surface area (Å²) in [6.45, 7) is 4.30. The second-order valence-corrected chi connectivity index (χ2v) is 9.77. The van der Waals surface area contributed by atoms with E-state index in [9.17, 15) is 14.7 Å². The number of hydrogen-bond acceptors (Lipinski definition) is 7. The molecule has 8 heteroatoms. The zero-order valence-electron chi connectivity index (χ0n) is 21.2. The minimum absolute atomic E-state index is 0.0242. The number of allylic oxidation sites excluding steroid dienone is 1. The van der Waals surface area contributed by atoms with Gasteiger partial charge in [0, 0.05) is 0 Å². The van der Waals surface area contributed by atoms with E-state index in [-0.39, 0.29) is 5.57 Å². The quantitative estimate of drug-likeness (QED) is 0.275. The number of amides is 1. The molecule has 1 unspecified atom stereocenters. The first-order valence-electron chi connectivity index (χ1n) is 12.1. The smallest absolute Gasteiger partial charge is 0.296 e. The van der Waals surface area contributed by atoms with Gasteiger partial charge in [0.1, 0.15) is 0 Å². The average molecular weight is 527 g/mol. The lowest BCUT2D eigenvalue weighted by Crippen LogP contribution is -2.30. The highest BCUT2D eigenvalue weighted by molar-refractivity contribution is 7.22. The van der Waals surface area contributed by atoms with Gasteiger partial charge in [0.2, 0.25) is 0 Å². The SMILES string of the molecule is CCOc1ccc(C2C(C(=O)/C=C/c3ccccc3)=C(O)C(=O)N2c2nc3ccc(C)cc3s2)cc1OC. The van der Waals surface area contributed by atoms with Crippen LogP contribution in [0.25, 0.3) is 16.3 Å². The van der Waals surface area contributed by atoms with Crippen LogP contribution in [0.3, 0.4) is 0 Å². The van der Waals surface area contributed by atoms with Gasteiger partial charge >= 0.3 is 0 Å². The van der Waals surface area contributed by atoms with Crippen LogP contribution in [-0.4, -0.2) is 35.5 Å². The molecule has 0 saturated heterocycles. The Morgan fingerprint density at radius 2 is 1.89 bits per heavy atom. The van der Waals surface area contributed by atoms with Gasteiger partial charge in [0.15, 0.2) is 28.2 Å². The van der Waals surface area contributed by atoms with E-state index in [1.165, 1.54) is 29.4 Å². The molecular weight excluding hydrogens is 500 g/mol. The summed E-state index contributed by atoms with van der Waals surface area (Å²) in [7, 11) is 1.52. The molecule has 2 heterocycles. The Kier molecular flexibility index (Phi) is 6.98. The predicted octanol–water partition coefficient (Wildman–Crippen LogP) is 6.19. The lowest BCUT2D eigenvalue weighted by molar-refractivity contribution is -0.117. The van der Waals surface area contributed by atoms with Crippen LogP contribution in [0, 0.1) is 6.92 Å². The van der Waals surface area contributed by atoms with Gasteiger partial charge in [-0.05, 0) is 60.9 Å². The monoisotopic (exact) mass is 526 g/mol. The number of aliphatic hydroxyl groups excluding tert-OH is 1. The maximum Gasteiger partial charge on any atom is 0.296 e. The maximum atomic E-state index is 13.5. The fraction of sp³-hybridized carbons (Fsp3) is 0.167. The van der Waals surface area contributed by atoms with Crippen LogP contribution in [0.5, 0.6) is 11.5 Å². The van der Waals surface area contributed by atoms with Crippen molar-refractivity contribution >= 4 is 44.5 Å². The largest absolute Gasteiger partial charge is 0.503 e. The summed E-state index contributed by atoms with van der Waals surface area (Å²) in [4.78, 5) is 33.1. The van der Waals surface area contributed by atoms with E-state index in [1.54, 1.807) is 24.3 Å². The Labute approximate surface area is 224 Å². The molecule has 1 amide bonds. The summed E-state index contributed by atoms with van der Waals surface area (Å²) in [6, 6.07) is 19.5. The first-order valence-corrected chi connectivity index (χ1v) is 12.9. The van der Waals surface area contributed by atoms with Gasteiger partial charge in [0.25, 0.3) is 5.91 Å². The molecule has 0 aliphatic carbocycles. The average Bonchev–Trinajstić information content (AvgIpc) is 3.45. The van der Waals surface area contributed by atoms with Crippen LogP contribution >= 0.6 is 11.3 Å². The number of aryl methyl sites for hydroxylation is 1. The Bertz CT molecular complexity index is 1590. The standard InChI is InChI=1S/C30H26N2O5S/c1-4-37-23-15-12-20(17-24(23)36-3)27-26(22(33)14-11-19-8-6-5-7-9-19)28(34)29(35)32(27)30-31-21-13-10-18(2)16-25(21)38-30/h5-17,27,34H,4H2,1-3H3/b14-11+. The van der Waals surface area contributed by atoms with Crippen molar-refractivity contribution in [2.45, 2.75) is 19.9 Å². The van der Waals surface area contributed by atoms with Gasteiger partial charge in [-0.15, -0.1) is 0 Å². The molecule has 0 spiro atoms. The van der Waals surface area contributed by atoms with Crippen molar-refractivity contribution in [3.05, 3.63) is 101 Å². The summed E-state index contributed by atoms with van der Waals surface area (Å²) in [5.41, 5.74) is 3.17. The Hall–Kier alpha value is -4.43. The Balaban J connectivity index is 1.63. The fourth-order valence-corrected chi connectivity index (χ4v) is 5.54. The van der Waals surface area contributed by atoms with E-state index in [2.05, 4.69) is 4.98 Å². The van der Waals surface area contributed by atoms with Crippen LogP contribution in [-0.2, 0) is 9.59 Å². The zero-order chi connectivity index (χ0) is 26.8. The molecule has 4 aromatic rings. The molecule has 1 atom stereocenters. The van der Waals surface area contributed by atoms with E-state index < -0.39 is 23.5 Å². The molecule has 7 nitrogen and oxygen atoms in total. The molecule has 1 N–H and O–H groups in total. The van der Waals surface area contributed by atoms with Crippen LogP contribution in [0.1, 0.15) is 29.7 Å². The molecule has 38 heavy (non-hydrogen) atoms. The summed E-state index contributed by atoms with van der Waals surface area (Å²) < 4.78 is 12.1. The lowest BCUT2D eigenvalue weighted by atomic mass is 9.95. The van der Waals surface area contributed by atoms with Gasteiger partial charge in [-0.25, -0.2) is 4.98 Å². The third-order valence-corrected chi connectivity index (χ3v) is 7.26. The van der Waals surface area contributed by atoms with Crippen molar-refractivity contribution in [1.82, 2.24) is 4.98 Å². The number of ketones is 1. The molecule has 1 aliphatic heterocycles. The number of carbonyl (C=O) groups is 2. The van der Waals surface area contributed by atoms with E-state index in [0.717, 1.165) is 21.3 Å². The van der Waals surface area contributed by atoms with Crippen molar-refractivity contribution in [2.24, 2.45) is 0 Å². The number of nitrogens with zero attached hydrogens (tertiary/aromatic N) is 2. The van der Waals surface area contributed by atoms with Crippen molar-refractivity contribution < 1.29 is 24.2 Å². The van der Waals surface area contributed by atoms with E-state index in [4.69, 9.17) is 9.47 Å². The molecule has 5 rings (SSSR count). The second-order valence-electron chi connectivity index (χ2n) is 8.76. The number of hydrogen-bond donors (Lipinski definition) is 1. The van der Waals surface area contributed by atoms with Crippen LogP contribution < -0.4 is 14.4 Å². The number of rotatable bonds is 8. The number of aromatic nitrogens is 1. The lowest BCUT2D eigenvalue weighted by Gasteiger charge is -2.25. The fourth-order valence-electron chi connectivity index (χ4n) is 4.45. The molecule has 0 fully saturated rings. The van der Waals surface area contributed by atoms with Gasteiger partial charge in [0.05, 0.1) is 35.5 Å². The normalized spacial score (nSPS) is 15.6. The number of thiazole rings is 1. The number of carbonyl (C=O) groups excluding carboxylic acids is 2. The van der Waals surface area contributed by atoms with Crippen LogP contribution in [0.2, 0.25) is 0 Å². The summed E-state index contributed by atoms with van der Waals surface area (Å²) in [5.74, 6) is -0.766. The van der Waals surface area contributed by atoms with E-state index >= 15 is 0 Å². The number of anilines is 1. The molecule has 0 radical (unpaired) electrons. The zero-order valence-corrected chi connectivity index (χ0v) is 22.0. The second kappa shape index (κ2) is 10.5. The number of ether oxygens (including phenoxy) is 2. The molecule has 0 bridgehead atoms. The minimum Gasteiger partial charge on any atom is -0.503 e. The summed E-state index contributed by atoms with van der Waals surface area (Å²) >= 11 is 1.33. The van der Waals surface area contributed by atoms with Crippen molar-refractivity contribution in [2.75, 3.05) is 18.6 Å². The molecule has 192 valence electrons. The molecule has 3 aromatic carbocycles. The molecule has 1 aliphatic rings. The van der Waals surface area contributed by atoms with Gasteiger partial charge in [-0.2, -0.15) is 0 Å².